The number of benzene rings is 2. The monoisotopic (exact) mass is 428 g/mol. The maximum Gasteiger partial charge on any atom is 0.270 e. The molecule has 2 heterocycles. The standard InChI is InChI=1S/C22H19ClF2N4O/c1-13-9-16(22(3,24)25)10-14(2)18(13)29-11-17-19(28-29)26-21(23)27-20(17)30-12-15-7-5-4-6-8-15/h4-11H,12H2,1-3H3. The number of ether oxygens (including phenoxy) is 1. The van der Waals surface area contributed by atoms with Crippen molar-refractivity contribution in [1.29, 1.82) is 0 Å². The summed E-state index contributed by atoms with van der Waals surface area (Å²) in [5.74, 6) is -2.60. The third-order valence-corrected chi connectivity index (χ3v) is 4.93. The Morgan fingerprint density at radius 1 is 1.07 bits per heavy atom. The first-order valence-electron chi connectivity index (χ1n) is 9.32. The maximum atomic E-state index is 13.8. The summed E-state index contributed by atoms with van der Waals surface area (Å²) < 4.78 is 35.0. The summed E-state index contributed by atoms with van der Waals surface area (Å²) in [6.45, 7) is 4.74. The SMILES string of the molecule is Cc1cc(C(C)(F)F)cc(C)c1-n1cc2c(OCc3ccccc3)nc(Cl)nc2n1. The van der Waals surface area contributed by atoms with Crippen LogP contribution in [0.5, 0.6) is 5.88 Å². The van der Waals surface area contributed by atoms with Gasteiger partial charge in [0.2, 0.25) is 11.2 Å². The van der Waals surface area contributed by atoms with Crippen LogP contribution in [0.2, 0.25) is 5.28 Å². The van der Waals surface area contributed by atoms with Gasteiger partial charge in [-0.05, 0) is 54.3 Å². The molecule has 2 aromatic heterocycles. The Morgan fingerprint density at radius 2 is 1.73 bits per heavy atom. The van der Waals surface area contributed by atoms with Crippen molar-refractivity contribution in [1.82, 2.24) is 19.7 Å². The van der Waals surface area contributed by atoms with Gasteiger partial charge in [-0.1, -0.05) is 30.3 Å². The Balaban J connectivity index is 1.75. The summed E-state index contributed by atoms with van der Waals surface area (Å²) in [7, 11) is 0. The van der Waals surface area contributed by atoms with Crippen molar-refractivity contribution in [3.8, 4) is 11.6 Å². The second-order valence-electron chi connectivity index (χ2n) is 7.23. The molecule has 30 heavy (non-hydrogen) atoms. The van der Waals surface area contributed by atoms with Crippen molar-refractivity contribution < 1.29 is 13.5 Å². The summed E-state index contributed by atoms with van der Waals surface area (Å²) in [4.78, 5) is 8.37. The van der Waals surface area contributed by atoms with Gasteiger partial charge in [-0.15, -0.1) is 5.10 Å². The third-order valence-electron chi connectivity index (χ3n) is 4.76. The molecule has 4 rings (SSSR count). The first-order chi connectivity index (χ1) is 14.2. The van der Waals surface area contributed by atoms with Crippen LogP contribution in [0.15, 0.2) is 48.7 Å². The predicted molar refractivity (Wildman–Crippen MR) is 111 cm³/mol. The number of alkyl halides is 2. The molecule has 0 atom stereocenters. The zero-order valence-corrected chi connectivity index (χ0v) is 17.4. The van der Waals surface area contributed by atoms with E-state index in [1.807, 2.05) is 30.3 Å². The van der Waals surface area contributed by atoms with Crippen molar-refractivity contribution >= 4 is 22.6 Å². The Bertz CT molecular complexity index is 1200. The van der Waals surface area contributed by atoms with Gasteiger partial charge < -0.3 is 4.74 Å². The van der Waals surface area contributed by atoms with E-state index in [9.17, 15) is 8.78 Å². The average molecular weight is 429 g/mol. The van der Waals surface area contributed by atoms with Gasteiger partial charge in [0.25, 0.3) is 5.92 Å². The molecule has 0 saturated heterocycles. The number of aryl methyl sites for hydroxylation is 2. The third kappa shape index (κ3) is 3.98. The minimum absolute atomic E-state index is 0.0187. The second kappa shape index (κ2) is 7.65. The van der Waals surface area contributed by atoms with Gasteiger partial charge in [0.05, 0.1) is 5.69 Å². The smallest absolute Gasteiger partial charge is 0.270 e. The average Bonchev–Trinajstić information content (AvgIpc) is 3.09. The van der Waals surface area contributed by atoms with Gasteiger partial charge in [0.15, 0.2) is 5.65 Å². The van der Waals surface area contributed by atoms with Crippen molar-refractivity contribution in [3.05, 3.63) is 76.2 Å². The molecule has 4 aromatic rings. The molecule has 0 aliphatic rings. The van der Waals surface area contributed by atoms with E-state index in [0.29, 0.717) is 40.3 Å². The Kier molecular flexibility index (Phi) is 5.15. The lowest BCUT2D eigenvalue weighted by atomic mass is 10.0. The normalized spacial score (nSPS) is 11.8. The van der Waals surface area contributed by atoms with Crippen molar-refractivity contribution in [2.24, 2.45) is 0 Å². The minimum Gasteiger partial charge on any atom is -0.472 e. The highest BCUT2D eigenvalue weighted by Crippen LogP contribution is 2.32. The van der Waals surface area contributed by atoms with Gasteiger partial charge in [-0.25, -0.2) is 13.5 Å². The zero-order chi connectivity index (χ0) is 21.5. The van der Waals surface area contributed by atoms with Crippen molar-refractivity contribution in [2.75, 3.05) is 0 Å². The first-order valence-corrected chi connectivity index (χ1v) is 9.70. The summed E-state index contributed by atoms with van der Waals surface area (Å²) >= 11 is 6.06. The highest BCUT2D eigenvalue weighted by molar-refractivity contribution is 6.28. The Hall–Kier alpha value is -3.06. The molecule has 0 fully saturated rings. The molecule has 0 bridgehead atoms. The lowest BCUT2D eigenvalue weighted by molar-refractivity contribution is 0.0173. The fraction of sp³-hybridized carbons (Fsp3) is 0.227. The van der Waals surface area contributed by atoms with Crippen molar-refractivity contribution in [2.45, 2.75) is 33.3 Å². The highest BCUT2D eigenvalue weighted by Gasteiger charge is 2.26. The van der Waals surface area contributed by atoms with Gasteiger partial charge in [-0.2, -0.15) is 9.97 Å². The number of halogens is 3. The quantitative estimate of drug-likeness (QED) is 0.378. The molecule has 0 aliphatic carbocycles. The van der Waals surface area contributed by atoms with E-state index in [1.54, 1.807) is 24.7 Å². The molecular formula is C22H19ClF2N4O. The first kappa shape index (κ1) is 20.2. The molecule has 2 aromatic carbocycles. The topological polar surface area (TPSA) is 52.8 Å². The molecule has 0 N–H and O–H groups in total. The summed E-state index contributed by atoms with van der Waals surface area (Å²) in [5, 5.41) is 5.09. The van der Waals surface area contributed by atoms with Gasteiger partial charge in [0.1, 0.15) is 12.0 Å². The van der Waals surface area contributed by atoms with E-state index in [-0.39, 0.29) is 10.8 Å². The van der Waals surface area contributed by atoms with Gasteiger partial charge in [0, 0.05) is 18.7 Å². The van der Waals surface area contributed by atoms with Crippen molar-refractivity contribution in [3.63, 3.8) is 0 Å². The Labute approximate surface area is 177 Å². The molecule has 0 radical (unpaired) electrons. The van der Waals surface area contributed by atoms with E-state index in [1.165, 1.54) is 12.1 Å². The molecule has 0 spiro atoms. The number of hydrogen-bond acceptors (Lipinski definition) is 4. The minimum atomic E-state index is -2.92. The van der Waals surface area contributed by atoms with Crippen LogP contribution in [0, 0.1) is 13.8 Å². The molecule has 0 unspecified atom stereocenters. The number of hydrogen-bond donors (Lipinski definition) is 0. The van der Waals surface area contributed by atoms with E-state index in [2.05, 4.69) is 15.1 Å². The fourth-order valence-electron chi connectivity index (χ4n) is 3.38. The van der Waals surface area contributed by atoms with E-state index in [0.717, 1.165) is 12.5 Å². The van der Waals surface area contributed by atoms with Crippen LogP contribution in [0.4, 0.5) is 8.78 Å². The van der Waals surface area contributed by atoms with Crippen LogP contribution in [0.1, 0.15) is 29.2 Å². The van der Waals surface area contributed by atoms with Crippen LogP contribution >= 0.6 is 11.6 Å². The van der Waals surface area contributed by atoms with E-state index < -0.39 is 5.92 Å². The predicted octanol–water partition coefficient (Wildman–Crippen LogP) is 5.78. The number of nitrogens with zero attached hydrogens (tertiary/aromatic N) is 4. The van der Waals surface area contributed by atoms with Gasteiger partial charge in [-0.3, -0.25) is 0 Å². The number of aromatic nitrogens is 4. The largest absolute Gasteiger partial charge is 0.472 e. The van der Waals surface area contributed by atoms with Crippen LogP contribution in [-0.4, -0.2) is 19.7 Å². The highest BCUT2D eigenvalue weighted by atomic mass is 35.5. The van der Waals surface area contributed by atoms with E-state index in [4.69, 9.17) is 16.3 Å². The second-order valence-corrected chi connectivity index (χ2v) is 7.57. The van der Waals surface area contributed by atoms with Crippen LogP contribution in [0.25, 0.3) is 16.7 Å². The molecule has 5 nitrogen and oxygen atoms in total. The van der Waals surface area contributed by atoms with Crippen LogP contribution in [0.3, 0.4) is 0 Å². The molecule has 0 amide bonds. The summed E-state index contributed by atoms with van der Waals surface area (Å²) in [6, 6.07) is 12.6. The molecule has 8 heteroatoms. The molecular weight excluding hydrogens is 410 g/mol. The molecule has 0 aliphatic heterocycles. The lowest BCUT2D eigenvalue weighted by Gasteiger charge is -2.16. The zero-order valence-electron chi connectivity index (χ0n) is 16.7. The fourth-order valence-corrected chi connectivity index (χ4v) is 3.53. The maximum absolute atomic E-state index is 13.8. The molecule has 0 saturated carbocycles. The summed E-state index contributed by atoms with van der Waals surface area (Å²) in [5.41, 5.74) is 3.35. The Morgan fingerprint density at radius 3 is 2.37 bits per heavy atom. The van der Waals surface area contributed by atoms with E-state index >= 15 is 0 Å². The molecule has 154 valence electrons. The van der Waals surface area contributed by atoms with Crippen LogP contribution < -0.4 is 4.74 Å². The number of fused-ring (bicyclic) bond motifs is 1. The lowest BCUT2D eigenvalue weighted by Crippen LogP contribution is -2.10. The number of rotatable bonds is 5. The van der Waals surface area contributed by atoms with Crippen LogP contribution in [-0.2, 0) is 12.5 Å². The van der Waals surface area contributed by atoms with Gasteiger partial charge >= 0.3 is 0 Å². The summed E-state index contributed by atoms with van der Waals surface area (Å²) in [6.07, 6.45) is 1.73.